The standard InChI is InChI=1S/C27H34N2O5/c1-16(2)24(27(4,5)25(31)32)29-23(30)14-17(3)28-26(33)34-15-22-20-12-8-6-10-18(20)19-11-7-9-13-21(19)22/h6-13,16-17,22,24H,14-15H2,1-5H3,(H,28,33)(H,29,30)(H,31,32)/t17-,24?/m0/s1. The third-order valence-electron chi connectivity index (χ3n) is 6.51. The second-order valence-corrected chi connectivity index (χ2v) is 9.89. The fourth-order valence-corrected chi connectivity index (χ4v) is 4.72. The Morgan fingerprint density at radius 2 is 1.47 bits per heavy atom. The second kappa shape index (κ2) is 10.3. The van der Waals surface area contributed by atoms with Gasteiger partial charge >= 0.3 is 12.1 Å². The van der Waals surface area contributed by atoms with Crippen LogP contribution in [-0.4, -0.2) is 41.8 Å². The van der Waals surface area contributed by atoms with Crippen molar-refractivity contribution in [3.63, 3.8) is 0 Å². The van der Waals surface area contributed by atoms with Crippen LogP contribution in [-0.2, 0) is 14.3 Å². The number of hydrogen-bond acceptors (Lipinski definition) is 4. The van der Waals surface area contributed by atoms with E-state index in [0.29, 0.717) is 0 Å². The number of hydrogen-bond donors (Lipinski definition) is 3. The topological polar surface area (TPSA) is 105 Å². The van der Waals surface area contributed by atoms with Gasteiger partial charge in [0.15, 0.2) is 0 Å². The van der Waals surface area contributed by atoms with Crippen LogP contribution in [0.1, 0.15) is 58.1 Å². The van der Waals surface area contributed by atoms with E-state index in [9.17, 15) is 19.5 Å². The lowest BCUT2D eigenvalue weighted by atomic mass is 9.78. The highest BCUT2D eigenvalue weighted by molar-refractivity contribution is 5.81. The largest absolute Gasteiger partial charge is 0.481 e. The van der Waals surface area contributed by atoms with Gasteiger partial charge in [0, 0.05) is 24.4 Å². The zero-order valence-electron chi connectivity index (χ0n) is 20.4. The highest BCUT2D eigenvalue weighted by Gasteiger charge is 2.39. The van der Waals surface area contributed by atoms with Crippen molar-refractivity contribution < 1.29 is 24.2 Å². The molecule has 34 heavy (non-hydrogen) atoms. The molecule has 2 amide bonds. The number of ether oxygens (including phenoxy) is 1. The number of benzene rings is 2. The number of rotatable bonds is 9. The Bertz CT molecular complexity index is 1020. The lowest BCUT2D eigenvalue weighted by Gasteiger charge is -2.34. The van der Waals surface area contributed by atoms with E-state index in [1.165, 1.54) is 0 Å². The Balaban J connectivity index is 1.55. The molecule has 0 bridgehead atoms. The summed E-state index contributed by atoms with van der Waals surface area (Å²) in [6.45, 7) is 8.84. The van der Waals surface area contributed by atoms with Crippen molar-refractivity contribution in [2.24, 2.45) is 11.3 Å². The number of carboxylic acids is 1. The summed E-state index contributed by atoms with van der Waals surface area (Å²) in [5.41, 5.74) is 3.45. The highest BCUT2D eigenvalue weighted by Crippen LogP contribution is 2.44. The molecule has 0 heterocycles. The highest BCUT2D eigenvalue weighted by atomic mass is 16.5. The average molecular weight is 467 g/mol. The van der Waals surface area contributed by atoms with E-state index < -0.39 is 29.6 Å². The van der Waals surface area contributed by atoms with Crippen molar-refractivity contribution in [2.45, 2.75) is 59.0 Å². The van der Waals surface area contributed by atoms with Gasteiger partial charge in [-0.2, -0.15) is 0 Å². The Kier molecular flexibility index (Phi) is 7.64. The number of nitrogens with one attached hydrogen (secondary N) is 2. The predicted molar refractivity (Wildman–Crippen MR) is 130 cm³/mol. The van der Waals surface area contributed by atoms with Crippen molar-refractivity contribution in [3.05, 3.63) is 59.7 Å². The van der Waals surface area contributed by atoms with Gasteiger partial charge in [0.2, 0.25) is 5.91 Å². The van der Waals surface area contributed by atoms with Crippen LogP contribution in [0.2, 0.25) is 0 Å². The van der Waals surface area contributed by atoms with Gasteiger partial charge in [-0.1, -0.05) is 62.4 Å². The van der Waals surface area contributed by atoms with Crippen LogP contribution in [0.4, 0.5) is 4.79 Å². The molecule has 0 fully saturated rings. The summed E-state index contributed by atoms with van der Waals surface area (Å²) < 4.78 is 5.54. The minimum absolute atomic E-state index is 0.0170. The van der Waals surface area contributed by atoms with E-state index in [4.69, 9.17) is 4.74 Å². The number of alkyl carbamates (subject to hydrolysis) is 1. The summed E-state index contributed by atoms with van der Waals surface area (Å²) in [5, 5.41) is 15.1. The Morgan fingerprint density at radius 1 is 0.941 bits per heavy atom. The lowest BCUT2D eigenvalue weighted by molar-refractivity contribution is -0.150. The van der Waals surface area contributed by atoms with Crippen LogP contribution >= 0.6 is 0 Å². The third kappa shape index (κ3) is 5.41. The van der Waals surface area contributed by atoms with E-state index >= 15 is 0 Å². The maximum absolute atomic E-state index is 12.6. The van der Waals surface area contributed by atoms with E-state index in [2.05, 4.69) is 34.9 Å². The van der Waals surface area contributed by atoms with Gasteiger partial charge in [-0.05, 0) is 48.9 Å². The fraction of sp³-hybridized carbons (Fsp3) is 0.444. The molecule has 3 N–H and O–H groups in total. The molecule has 2 atom stereocenters. The first-order valence-electron chi connectivity index (χ1n) is 11.7. The van der Waals surface area contributed by atoms with Crippen LogP contribution in [0.15, 0.2) is 48.5 Å². The summed E-state index contributed by atoms with van der Waals surface area (Å²) in [4.78, 5) is 36.6. The monoisotopic (exact) mass is 466 g/mol. The van der Waals surface area contributed by atoms with E-state index in [1.807, 2.05) is 38.1 Å². The van der Waals surface area contributed by atoms with Crippen LogP contribution in [0, 0.1) is 11.3 Å². The first-order chi connectivity index (χ1) is 16.0. The first-order valence-corrected chi connectivity index (χ1v) is 11.7. The summed E-state index contributed by atoms with van der Waals surface area (Å²) >= 11 is 0. The molecular weight excluding hydrogens is 432 g/mol. The molecule has 7 heteroatoms. The SMILES string of the molecule is CC(C)C(NC(=O)C[C@H](C)NC(=O)OCC1c2ccccc2-c2ccccc21)C(C)(C)C(=O)O. The molecule has 2 aromatic rings. The number of carbonyl (C=O) groups excluding carboxylic acids is 2. The van der Waals surface area contributed by atoms with Crippen molar-refractivity contribution in [2.75, 3.05) is 6.61 Å². The van der Waals surface area contributed by atoms with Gasteiger partial charge in [0.25, 0.3) is 0 Å². The maximum atomic E-state index is 12.6. The van der Waals surface area contributed by atoms with Crippen molar-refractivity contribution in [3.8, 4) is 11.1 Å². The molecule has 2 aromatic carbocycles. The van der Waals surface area contributed by atoms with E-state index in [0.717, 1.165) is 22.3 Å². The van der Waals surface area contributed by atoms with Crippen molar-refractivity contribution in [1.29, 1.82) is 0 Å². The summed E-state index contributed by atoms with van der Waals surface area (Å²) in [6, 6.07) is 15.2. The molecule has 182 valence electrons. The number of aliphatic carboxylic acids is 1. The van der Waals surface area contributed by atoms with Gasteiger partial charge in [-0.15, -0.1) is 0 Å². The molecule has 0 radical (unpaired) electrons. The maximum Gasteiger partial charge on any atom is 0.407 e. The molecule has 7 nitrogen and oxygen atoms in total. The molecule has 0 saturated heterocycles. The van der Waals surface area contributed by atoms with Gasteiger partial charge in [0.05, 0.1) is 5.41 Å². The Morgan fingerprint density at radius 3 is 1.97 bits per heavy atom. The molecule has 0 saturated carbocycles. The molecule has 1 aliphatic rings. The molecule has 1 unspecified atom stereocenters. The minimum atomic E-state index is -1.12. The third-order valence-corrected chi connectivity index (χ3v) is 6.51. The molecular formula is C27H34N2O5. The zero-order chi connectivity index (χ0) is 25.0. The summed E-state index contributed by atoms with van der Waals surface area (Å²) in [7, 11) is 0. The van der Waals surface area contributed by atoms with Gasteiger partial charge in [-0.25, -0.2) is 4.79 Å². The van der Waals surface area contributed by atoms with Crippen LogP contribution < -0.4 is 10.6 Å². The van der Waals surface area contributed by atoms with E-state index in [-0.39, 0.29) is 30.8 Å². The average Bonchev–Trinajstić information content (AvgIpc) is 3.09. The predicted octanol–water partition coefficient (Wildman–Crippen LogP) is 4.56. The van der Waals surface area contributed by atoms with Gasteiger partial charge < -0.3 is 20.5 Å². The van der Waals surface area contributed by atoms with Crippen LogP contribution in [0.25, 0.3) is 11.1 Å². The number of carboxylic acid groups (broad SMARTS) is 1. The van der Waals surface area contributed by atoms with Gasteiger partial charge in [0.1, 0.15) is 6.61 Å². The summed E-state index contributed by atoms with van der Waals surface area (Å²) in [5.74, 6) is -1.40. The number of fused-ring (bicyclic) bond motifs is 3. The Hall–Kier alpha value is -3.35. The molecule has 3 rings (SSSR count). The summed E-state index contributed by atoms with van der Waals surface area (Å²) in [6.07, 6.45) is -0.572. The van der Waals surface area contributed by atoms with Gasteiger partial charge in [-0.3, -0.25) is 9.59 Å². The number of carbonyl (C=O) groups is 3. The number of amides is 2. The quantitative estimate of drug-likeness (QED) is 0.503. The molecule has 0 aromatic heterocycles. The fourth-order valence-electron chi connectivity index (χ4n) is 4.72. The van der Waals surface area contributed by atoms with Crippen molar-refractivity contribution in [1.82, 2.24) is 10.6 Å². The zero-order valence-corrected chi connectivity index (χ0v) is 20.4. The Labute approximate surface area is 200 Å². The smallest absolute Gasteiger partial charge is 0.407 e. The molecule has 1 aliphatic carbocycles. The second-order valence-electron chi connectivity index (χ2n) is 9.89. The normalized spacial score (nSPS) is 14.6. The molecule has 0 aliphatic heterocycles. The minimum Gasteiger partial charge on any atom is -0.481 e. The van der Waals surface area contributed by atoms with Crippen LogP contribution in [0.5, 0.6) is 0 Å². The molecule has 0 spiro atoms. The lowest BCUT2D eigenvalue weighted by Crippen LogP contribution is -2.52. The first kappa shape index (κ1) is 25.3. The van der Waals surface area contributed by atoms with Crippen molar-refractivity contribution >= 4 is 18.0 Å². The van der Waals surface area contributed by atoms with E-state index in [1.54, 1.807) is 20.8 Å². The van der Waals surface area contributed by atoms with Crippen LogP contribution in [0.3, 0.4) is 0 Å².